The molecule has 2 amide bonds. The first-order valence-corrected chi connectivity index (χ1v) is 4.90. The van der Waals surface area contributed by atoms with E-state index in [0.717, 1.165) is 5.56 Å². The van der Waals surface area contributed by atoms with Gasteiger partial charge in [0.1, 0.15) is 11.5 Å². The Balaban J connectivity index is 3.04. The van der Waals surface area contributed by atoms with Gasteiger partial charge in [0.2, 0.25) is 0 Å². The number of hydrogen-bond acceptors (Lipinski definition) is 4. The molecule has 3 N–H and O–H groups in total. The topological polar surface area (TPSA) is 85.9 Å². The average molecular weight is 237 g/mol. The maximum absolute atomic E-state index is 10.5. The lowest BCUT2D eigenvalue weighted by molar-refractivity contribution is 0.249. The normalized spacial score (nSPS) is 10.9. The zero-order chi connectivity index (χ0) is 12.8. The monoisotopic (exact) mass is 237 g/mol. The average Bonchev–Trinajstić information content (AvgIpc) is 2.34. The third kappa shape index (κ3) is 3.37. The largest absolute Gasteiger partial charge is 0.497 e. The second-order valence-corrected chi connectivity index (χ2v) is 3.24. The highest BCUT2D eigenvalue weighted by Crippen LogP contribution is 2.24. The molecule has 0 radical (unpaired) electrons. The van der Waals surface area contributed by atoms with Crippen molar-refractivity contribution in [2.24, 2.45) is 10.8 Å². The van der Waals surface area contributed by atoms with Crippen LogP contribution in [0.3, 0.4) is 0 Å². The molecule has 1 aromatic rings. The van der Waals surface area contributed by atoms with Crippen molar-refractivity contribution in [3.63, 3.8) is 0 Å². The number of hydrogen-bond donors (Lipinski definition) is 2. The Morgan fingerprint density at radius 3 is 2.59 bits per heavy atom. The number of primary amides is 1. The minimum absolute atomic E-state index is 0.586. The summed E-state index contributed by atoms with van der Waals surface area (Å²) >= 11 is 0. The zero-order valence-electron chi connectivity index (χ0n) is 9.98. The molecule has 0 unspecified atom stereocenters. The number of ether oxygens (including phenoxy) is 2. The molecule has 0 aliphatic rings. The first-order valence-electron chi connectivity index (χ1n) is 4.90. The van der Waals surface area contributed by atoms with Crippen molar-refractivity contribution in [1.29, 1.82) is 0 Å². The van der Waals surface area contributed by atoms with Gasteiger partial charge in [-0.3, -0.25) is 0 Å². The Kier molecular flexibility index (Phi) is 4.33. The molecular weight excluding hydrogens is 222 g/mol. The van der Waals surface area contributed by atoms with E-state index in [1.54, 1.807) is 39.3 Å². The summed E-state index contributed by atoms with van der Waals surface area (Å²) in [6.45, 7) is 1.74. The molecule has 0 saturated heterocycles. The quantitative estimate of drug-likeness (QED) is 0.607. The van der Waals surface area contributed by atoms with Crippen LogP contribution in [0.1, 0.15) is 12.5 Å². The predicted molar refractivity (Wildman–Crippen MR) is 64.5 cm³/mol. The molecular formula is C11H15N3O3. The molecule has 17 heavy (non-hydrogen) atoms. The summed E-state index contributed by atoms with van der Waals surface area (Å²) in [5.74, 6) is 1.29. The van der Waals surface area contributed by atoms with E-state index in [-0.39, 0.29) is 0 Å². The third-order valence-corrected chi connectivity index (χ3v) is 2.13. The summed E-state index contributed by atoms with van der Waals surface area (Å²) in [6.07, 6.45) is 0. The van der Waals surface area contributed by atoms with Crippen LogP contribution in [0.5, 0.6) is 11.5 Å². The van der Waals surface area contributed by atoms with Crippen LogP contribution in [0, 0.1) is 0 Å². The third-order valence-electron chi connectivity index (χ3n) is 2.13. The molecule has 0 aromatic heterocycles. The molecule has 6 nitrogen and oxygen atoms in total. The Labute approximate surface area is 99.4 Å². The van der Waals surface area contributed by atoms with E-state index in [4.69, 9.17) is 15.2 Å². The van der Waals surface area contributed by atoms with E-state index in [1.807, 2.05) is 0 Å². The first-order chi connectivity index (χ1) is 8.08. The van der Waals surface area contributed by atoms with Gasteiger partial charge < -0.3 is 15.2 Å². The van der Waals surface area contributed by atoms with Gasteiger partial charge in [-0.05, 0) is 19.1 Å². The summed E-state index contributed by atoms with van der Waals surface area (Å²) in [5.41, 5.74) is 8.43. The van der Waals surface area contributed by atoms with Crippen LogP contribution in [-0.2, 0) is 0 Å². The minimum Gasteiger partial charge on any atom is -0.497 e. The van der Waals surface area contributed by atoms with Crippen LogP contribution >= 0.6 is 0 Å². The molecule has 6 heteroatoms. The van der Waals surface area contributed by atoms with Gasteiger partial charge in [-0.1, -0.05) is 0 Å². The number of rotatable bonds is 4. The Morgan fingerprint density at radius 1 is 1.35 bits per heavy atom. The van der Waals surface area contributed by atoms with Crippen LogP contribution in [-0.4, -0.2) is 26.0 Å². The molecule has 0 aliphatic heterocycles. The van der Waals surface area contributed by atoms with Gasteiger partial charge in [0.25, 0.3) is 0 Å². The van der Waals surface area contributed by atoms with Gasteiger partial charge in [-0.15, -0.1) is 0 Å². The fraction of sp³-hybridized carbons (Fsp3) is 0.273. The maximum atomic E-state index is 10.5. The number of hydrazone groups is 1. The van der Waals surface area contributed by atoms with Crippen LogP contribution in [0.4, 0.5) is 4.79 Å². The molecule has 0 fully saturated rings. The number of urea groups is 1. The zero-order valence-corrected chi connectivity index (χ0v) is 9.98. The highest BCUT2D eigenvalue weighted by molar-refractivity contribution is 6.01. The van der Waals surface area contributed by atoms with Crippen molar-refractivity contribution >= 4 is 11.7 Å². The number of benzene rings is 1. The molecule has 1 aromatic carbocycles. The predicted octanol–water partition coefficient (Wildman–Crippen LogP) is 1.10. The summed E-state index contributed by atoms with van der Waals surface area (Å²) in [5, 5.41) is 3.83. The lowest BCUT2D eigenvalue weighted by atomic mass is 10.1. The van der Waals surface area contributed by atoms with Gasteiger partial charge in [-0.25, -0.2) is 10.2 Å². The minimum atomic E-state index is -0.711. The molecule has 92 valence electrons. The second kappa shape index (κ2) is 5.74. The van der Waals surface area contributed by atoms with Crippen LogP contribution in [0.25, 0.3) is 0 Å². The van der Waals surface area contributed by atoms with E-state index in [0.29, 0.717) is 17.2 Å². The fourth-order valence-electron chi connectivity index (χ4n) is 1.30. The lowest BCUT2D eigenvalue weighted by Crippen LogP contribution is -2.25. The smallest absolute Gasteiger partial charge is 0.332 e. The van der Waals surface area contributed by atoms with Gasteiger partial charge in [0.15, 0.2) is 0 Å². The van der Waals surface area contributed by atoms with Crippen molar-refractivity contribution in [2.45, 2.75) is 6.92 Å². The number of methoxy groups -OCH3 is 2. The standard InChI is InChI=1S/C11H15N3O3/c1-7(13-14-11(12)15)9-5-4-8(16-2)6-10(9)17-3/h4-6H,1-3H3,(H3,12,14,15)/b13-7-. The Hall–Kier alpha value is -2.24. The summed E-state index contributed by atoms with van der Waals surface area (Å²) < 4.78 is 10.3. The van der Waals surface area contributed by atoms with Crippen molar-refractivity contribution in [3.05, 3.63) is 23.8 Å². The SMILES string of the molecule is COc1ccc(/C(C)=N\NC(N)=O)c(OC)c1. The van der Waals surface area contributed by atoms with Crippen LogP contribution in [0.2, 0.25) is 0 Å². The highest BCUT2D eigenvalue weighted by Gasteiger charge is 2.08. The number of nitrogens with two attached hydrogens (primary N) is 1. The van der Waals surface area contributed by atoms with Crippen molar-refractivity contribution in [1.82, 2.24) is 5.43 Å². The van der Waals surface area contributed by atoms with Gasteiger partial charge >= 0.3 is 6.03 Å². The summed E-state index contributed by atoms with van der Waals surface area (Å²) in [4.78, 5) is 10.5. The number of nitrogens with one attached hydrogen (secondary N) is 1. The Bertz CT molecular complexity index is 444. The first kappa shape index (κ1) is 12.8. The highest BCUT2D eigenvalue weighted by atomic mass is 16.5. The fourth-order valence-corrected chi connectivity index (χ4v) is 1.30. The summed E-state index contributed by atoms with van der Waals surface area (Å²) in [7, 11) is 3.12. The Morgan fingerprint density at radius 2 is 2.06 bits per heavy atom. The van der Waals surface area contributed by atoms with Gasteiger partial charge in [0.05, 0.1) is 19.9 Å². The second-order valence-electron chi connectivity index (χ2n) is 3.24. The van der Waals surface area contributed by atoms with E-state index >= 15 is 0 Å². The molecule has 0 saturated carbocycles. The van der Waals surface area contributed by atoms with Crippen LogP contribution < -0.4 is 20.6 Å². The number of carbonyl (C=O) groups is 1. The van der Waals surface area contributed by atoms with Crippen LogP contribution in [0.15, 0.2) is 23.3 Å². The van der Waals surface area contributed by atoms with Crippen molar-refractivity contribution < 1.29 is 14.3 Å². The van der Waals surface area contributed by atoms with E-state index in [2.05, 4.69) is 10.5 Å². The number of nitrogens with zero attached hydrogens (tertiary/aromatic N) is 1. The molecule has 0 bridgehead atoms. The van der Waals surface area contributed by atoms with E-state index < -0.39 is 6.03 Å². The van der Waals surface area contributed by atoms with E-state index in [9.17, 15) is 4.79 Å². The summed E-state index contributed by atoms with van der Waals surface area (Å²) in [6, 6.07) is 4.59. The number of carbonyl (C=O) groups excluding carboxylic acids is 1. The molecule has 0 heterocycles. The van der Waals surface area contributed by atoms with E-state index in [1.165, 1.54) is 0 Å². The lowest BCUT2D eigenvalue weighted by Gasteiger charge is -2.09. The van der Waals surface area contributed by atoms with Crippen molar-refractivity contribution in [3.8, 4) is 11.5 Å². The molecule has 1 rings (SSSR count). The van der Waals surface area contributed by atoms with Gasteiger partial charge in [0, 0.05) is 11.6 Å². The molecule has 0 spiro atoms. The van der Waals surface area contributed by atoms with Gasteiger partial charge in [-0.2, -0.15) is 5.10 Å². The number of amides is 2. The van der Waals surface area contributed by atoms with Crippen molar-refractivity contribution in [2.75, 3.05) is 14.2 Å². The molecule has 0 atom stereocenters. The molecule has 0 aliphatic carbocycles. The maximum Gasteiger partial charge on any atom is 0.332 e.